The van der Waals surface area contributed by atoms with Crippen molar-refractivity contribution in [2.45, 2.75) is 12.1 Å². The van der Waals surface area contributed by atoms with E-state index >= 15 is 0 Å². The Labute approximate surface area is 126 Å². The molecule has 0 saturated carbocycles. The Morgan fingerprint density at radius 3 is 2.76 bits per heavy atom. The standard InChI is InChI=1S/C15H13N5S/c1-10-4-6-11(7-5-10)13-9-21-15-18-17-14(20(15)19-13)12-3-2-8-16-12/h2-8,16H,9H2,1H3. The van der Waals surface area contributed by atoms with Crippen molar-refractivity contribution < 1.29 is 0 Å². The lowest BCUT2D eigenvalue weighted by Crippen LogP contribution is -2.13. The molecule has 1 aliphatic heterocycles. The minimum atomic E-state index is 0.742. The summed E-state index contributed by atoms with van der Waals surface area (Å²) in [6.07, 6.45) is 1.87. The normalized spacial score (nSPS) is 13.9. The lowest BCUT2D eigenvalue weighted by atomic mass is 10.1. The van der Waals surface area contributed by atoms with Gasteiger partial charge in [-0.25, -0.2) is 0 Å². The SMILES string of the molecule is Cc1ccc(C2=Nn3c(nnc3-c3ccc[nH]3)SC2)cc1. The van der Waals surface area contributed by atoms with Crippen LogP contribution >= 0.6 is 11.8 Å². The molecule has 4 rings (SSSR count). The first-order chi connectivity index (χ1) is 10.3. The van der Waals surface area contributed by atoms with E-state index in [0.717, 1.165) is 33.7 Å². The maximum absolute atomic E-state index is 4.73. The largest absolute Gasteiger partial charge is 0.359 e. The molecule has 6 heteroatoms. The molecule has 0 bridgehead atoms. The Hall–Kier alpha value is -2.34. The monoisotopic (exact) mass is 295 g/mol. The number of H-pyrrole nitrogens is 1. The number of hydrogen-bond donors (Lipinski definition) is 1. The highest BCUT2D eigenvalue weighted by Crippen LogP contribution is 2.27. The molecule has 0 unspecified atom stereocenters. The first-order valence-corrected chi connectivity index (χ1v) is 7.67. The van der Waals surface area contributed by atoms with Crippen molar-refractivity contribution in [3.05, 3.63) is 53.7 Å². The summed E-state index contributed by atoms with van der Waals surface area (Å²) in [6, 6.07) is 12.3. The summed E-state index contributed by atoms with van der Waals surface area (Å²) >= 11 is 1.66. The Kier molecular flexibility index (Phi) is 2.89. The topological polar surface area (TPSA) is 58.9 Å². The third-order valence-electron chi connectivity index (χ3n) is 3.39. The second-order valence-corrected chi connectivity index (χ2v) is 5.85. The fourth-order valence-electron chi connectivity index (χ4n) is 2.25. The molecule has 0 radical (unpaired) electrons. The number of thioether (sulfide) groups is 1. The van der Waals surface area contributed by atoms with Gasteiger partial charge in [0.1, 0.15) is 0 Å². The van der Waals surface area contributed by atoms with Crippen molar-refractivity contribution in [3.63, 3.8) is 0 Å². The van der Waals surface area contributed by atoms with Crippen LogP contribution in [0, 0.1) is 6.92 Å². The summed E-state index contributed by atoms with van der Waals surface area (Å²) in [4.78, 5) is 3.15. The first-order valence-electron chi connectivity index (χ1n) is 6.68. The number of rotatable bonds is 2. The highest BCUT2D eigenvalue weighted by molar-refractivity contribution is 7.99. The summed E-state index contributed by atoms with van der Waals surface area (Å²) in [7, 11) is 0. The molecule has 0 atom stereocenters. The van der Waals surface area contributed by atoms with Crippen molar-refractivity contribution in [2.75, 3.05) is 5.75 Å². The van der Waals surface area contributed by atoms with E-state index in [2.05, 4.69) is 46.4 Å². The van der Waals surface area contributed by atoms with Crippen LogP contribution in [0.5, 0.6) is 0 Å². The van der Waals surface area contributed by atoms with E-state index in [0.29, 0.717) is 0 Å². The Morgan fingerprint density at radius 2 is 2.00 bits per heavy atom. The zero-order valence-electron chi connectivity index (χ0n) is 11.4. The van der Waals surface area contributed by atoms with E-state index in [4.69, 9.17) is 5.10 Å². The van der Waals surface area contributed by atoms with Crippen LogP contribution in [-0.4, -0.2) is 31.3 Å². The fourth-order valence-corrected chi connectivity index (χ4v) is 3.09. The summed E-state index contributed by atoms with van der Waals surface area (Å²) in [6.45, 7) is 2.09. The zero-order valence-corrected chi connectivity index (χ0v) is 12.3. The van der Waals surface area contributed by atoms with Gasteiger partial charge in [-0.05, 0) is 24.6 Å². The highest BCUT2D eigenvalue weighted by Gasteiger charge is 2.20. The van der Waals surface area contributed by atoms with Crippen molar-refractivity contribution >= 4 is 17.5 Å². The predicted molar refractivity (Wildman–Crippen MR) is 83.6 cm³/mol. The molecule has 1 N–H and O–H groups in total. The molecule has 1 aliphatic rings. The minimum absolute atomic E-state index is 0.742. The summed E-state index contributed by atoms with van der Waals surface area (Å²) in [5.41, 5.74) is 4.35. The molecule has 2 aromatic heterocycles. The van der Waals surface area contributed by atoms with Gasteiger partial charge >= 0.3 is 0 Å². The lowest BCUT2D eigenvalue weighted by Gasteiger charge is -2.13. The van der Waals surface area contributed by atoms with Crippen molar-refractivity contribution in [3.8, 4) is 11.5 Å². The lowest BCUT2D eigenvalue weighted by molar-refractivity contribution is 0.761. The summed E-state index contributed by atoms with van der Waals surface area (Å²) < 4.78 is 1.81. The van der Waals surface area contributed by atoms with Crippen LogP contribution in [0.2, 0.25) is 0 Å². The number of nitrogens with one attached hydrogen (secondary N) is 1. The van der Waals surface area contributed by atoms with Gasteiger partial charge in [0.25, 0.3) is 0 Å². The van der Waals surface area contributed by atoms with Gasteiger partial charge in [-0.3, -0.25) is 0 Å². The molecular formula is C15H13N5S. The van der Waals surface area contributed by atoms with Crippen LogP contribution in [0.15, 0.2) is 52.9 Å². The van der Waals surface area contributed by atoms with Crippen LogP contribution in [0.25, 0.3) is 11.5 Å². The van der Waals surface area contributed by atoms with E-state index in [9.17, 15) is 0 Å². The Morgan fingerprint density at radius 1 is 1.14 bits per heavy atom. The van der Waals surface area contributed by atoms with E-state index < -0.39 is 0 Å². The van der Waals surface area contributed by atoms with Gasteiger partial charge in [-0.15, -0.1) is 10.2 Å². The number of nitrogens with zero attached hydrogens (tertiary/aromatic N) is 4. The van der Waals surface area contributed by atoms with E-state index in [1.54, 1.807) is 11.8 Å². The van der Waals surface area contributed by atoms with Gasteiger partial charge in [-0.2, -0.15) is 9.78 Å². The summed E-state index contributed by atoms with van der Waals surface area (Å²) in [5.74, 6) is 1.55. The molecule has 5 nitrogen and oxygen atoms in total. The Bertz CT molecular complexity index is 799. The number of hydrogen-bond acceptors (Lipinski definition) is 4. The summed E-state index contributed by atoms with van der Waals surface area (Å²) in [5, 5.41) is 14.0. The van der Waals surface area contributed by atoms with Gasteiger partial charge in [-0.1, -0.05) is 41.6 Å². The third-order valence-corrected chi connectivity index (χ3v) is 4.32. The van der Waals surface area contributed by atoms with E-state index in [1.807, 2.05) is 23.0 Å². The maximum atomic E-state index is 4.73. The van der Waals surface area contributed by atoms with Gasteiger partial charge in [0, 0.05) is 11.9 Å². The number of fused-ring (bicyclic) bond motifs is 1. The molecule has 3 aromatic rings. The van der Waals surface area contributed by atoms with Crippen LogP contribution in [0.1, 0.15) is 11.1 Å². The van der Waals surface area contributed by atoms with Crippen LogP contribution in [0.4, 0.5) is 0 Å². The average Bonchev–Trinajstić information content (AvgIpc) is 3.16. The molecule has 0 saturated heterocycles. The zero-order chi connectivity index (χ0) is 14.2. The van der Waals surface area contributed by atoms with E-state index in [1.165, 1.54) is 5.56 Å². The number of aromatic amines is 1. The number of aromatic nitrogens is 4. The molecule has 104 valence electrons. The molecule has 3 heterocycles. The van der Waals surface area contributed by atoms with Crippen molar-refractivity contribution in [1.29, 1.82) is 0 Å². The average molecular weight is 295 g/mol. The fraction of sp³-hybridized carbons (Fsp3) is 0.133. The van der Waals surface area contributed by atoms with Gasteiger partial charge in [0.2, 0.25) is 11.0 Å². The molecular weight excluding hydrogens is 282 g/mol. The van der Waals surface area contributed by atoms with Crippen LogP contribution in [0.3, 0.4) is 0 Å². The van der Waals surface area contributed by atoms with Crippen molar-refractivity contribution in [2.24, 2.45) is 5.10 Å². The first kappa shape index (κ1) is 12.4. The van der Waals surface area contributed by atoms with Gasteiger partial charge < -0.3 is 4.98 Å². The quantitative estimate of drug-likeness (QED) is 0.790. The third kappa shape index (κ3) is 2.17. The molecule has 1 aromatic carbocycles. The van der Waals surface area contributed by atoms with Gasteiger partial charge in [0.05, 0.1) is 11.4 Å². The molecule has 0 spiro atoms. The van der Waals surface area contributed by atoms with E-state index in [-0.39, 0.29) is 0 Å². The van der Waals surface area contributed by atoms with Crippen LogP contribution in [-0.2, 0) is 0 Å². The maximum Gasteiger partial charge on any atom is 0.212 e. The van der Waals surface area contributed by atoms with Crippen LogP contribution < -0.4 is 0 Å². The Balaban J connectivity index is 1.79. The molecule has 0 aliphatic carbocycles. The molecule has 0 fully saturated rings. The second kappa shape index (κ2) is 4.89. The molecule has 0 amide bonds. The smallest absolute Gasteiger partial charge is 0.212 e. The second-order valence-electron chi connectivity index (χ2n) is 4.90. The minimum Gasteiger partial charge on any atom is -0.359 e. The van der Waals surface area contributed by atoms with Gasteiger partial charge in [0.15, 0.2) is 0 Å². The highest BCUT2D eigenvalue weighted by atomic mass is 32.2. The van der Waals surface area contributed by atoms with Crippen molar-refractivity contribution in [1.82, 2.24) is 19.9 Å². The number of benzene rings is 1. The predicted octanol–water partition coefficient (Wildman–Crippen LogP) is 2.94. The molecule has 21 heavy (non-hydrogen) atoms. The number of aryl methyl sites for hydroxylation is 1.